The van der Waals surface area contributed by atoms with Crippen LogP contribution in [0.25, 0.3) is 0 Å². The summed E-state index contributed by atoms with van der Waals surface area (Å²) in [5.41, 5.74) is 3.33. The van der Waals surface area contributed by atoms with Crippen molar-refractivity contribution in [1.29, 1.82) is 0 Å². The lowest BCUT2D eigenvalue weighted by atomic mass is 10.1. The van der Waals surface area contributed by atoms with Crippen molar-refractivity contribution in [3.63, 3.8) is 0 Å². The minimum Gasteiger partial charge on any atom is -0.343 e. The van der Waals surface area contributed by atoms with Gasteiger partial charge in [-0.05, 0) is 23.8 Å². The molecule has 0 aromatic heterocycles. The highest BCUT2D eigenvalue weighted by molar-refractivity contribution is 7.84. The molecule has 0 spiro atoms. The Morgan fingerprint density at radius 3 is 2.47 bits per heavy atom. The Kier molecular flexibility index (Phi) is 2.48. The lowest BCUT2D eigenvalue weighted by Gasteiger charge is -2.20. The number of para-hydroxylation sites is 2. The van der Waals surface area contributed by atoms with Gasteiger partial charge in [-0.15, -0.1) is 0 Å². The molecule has 0 fully saturated rings. The van der Waals surface area contributed by atoms with Crippen LogP contribution in [0.3, 0.4) is 0 Å². The second kappa shape index (κ2) is 4.00. The van der Waals surface area contributed by atoms with E-state index < -0.39 is 10.8 Å². The van der Waals surface area contributed by atoms with E-state index in [1.54, 1.807) is 0 Å². The number of hydrogen-bond donors (Lipinski definition) is 0. The Bertz CT molecular complexity index is 594. The monoisotopic (exact) mass is 243 g/mol. The van der Waals surface area contributed by atoms with Crippen molar-refractivity contribution in [2.75, 3.05) is 11.9 Å². The molecular weight excluding hydrogens is 230 g/mol. The first kappa shape index (κ1) is 10.5. The zero-order chi connectivity index (χ0) is 11.8. The lowest BCUT2D eigenvalue weighted by molar-refractivity contribution is 0.683. The molecule has 2 aromatic rings. The van der Waals surface area contributed by atoms with E-state index in [-0.39, 0.29) is 0 Å². The van der Waals surface area contributed by atoms with Gasteiger partial charge in [0.25, 0.3) is 0 Å². The minimum atomic E-state index is -0.956. The molecule has 1 aliphatic rings. The number of nitrogens with zero attached hydrogens (tertiary/aromatic N) is 1. The van der Waals surface area contributed by atoms with E-state index in [2.05, 4.69) is 17.0 Å². The van der Waals surface area contributed by atoms with Gasteiger partial charge in [0.05, 0.1) is 27.1 Å². The molecule has 2 nitrogen and oxygen atoms in total. The van der Waals surface area contributed by atoms with Crippen molar-refractivity contribution in [3.05, 3.63) is 54.1 Å². The molecule has 0 bridgehead atoms. The van der Waals surface area contributed by atoms with E-state index >= 15 is 0 Å². The Labute approximate surface area is 103 Å². The highest BCUT2D eigenvalue weighted by Gasteiger charge is 2.21. The first-order valence-corrected chi connectivity index (χ1v) is 6.88. The summed E-state index contributed by atoms with van der Waals surface area (Å²) in [6, 6.07) is 16.1. The summed E-state index contributed by atoms with van der Waals surface area (Å²) in [4.78, 5) is 3.04. The average Bonchev–Trinajstić information content (AvgIpc) is 2.48. The maximum atomic E-state index is 12.3. The summed E-state index contributed by atoms with van der Waals surface area (Å²) in [6.07, 6.45) is 0. The van der Waals surface area contributed by atoms with Crippen LogP contribution in [0.5, 0.6) is 0 Å². The van der Waals surface area contributed by atoms with Crippen LogP contribution in [0.2, 0.25) is 0 Å². The van der Waals surface area contributed by atoms with Crippen molar-refractivity contribution in [3.8, 4) is 0 Å². The number of benzene rings is 2. The molecule has 17 heavy (non-hydrogen) atoms. The Morgan fingerprint density at radius 1 is 1.00 bits per heavy atom. The van der Waals surface area contributed by atoms with Crippen LogP contribution < -0.4 is 4.90 Å². The van der Waals surface area contributed by atoms with Gasteiger partial charge in [0.2, 0.25) is 0 Å². The summed E-state index contributed by atoms with van der Waals surface area (Å²) in [7, 11) is 1.07. The van der Waals surface area contributed by atoms with Crippen LogP contribution in [-0.4, -0.2) is 11.3 Å². The molecule has 0 saturated heterocycles. The van der Waals surface area contributed by atoms with Crippen LogP contribution in [0, 0.1) is 0 Å². The molecule has 86 valence electrons. The maximum absolute atomic E-state index is 12.3. The molecule has 2 aromatic carbocycles. The van der Waals surface area contributed by atoms with Gasteiger partial charge in [-0.25, -0.2) is 0 Å². The maximum Gasteiger partial charge on any atom is 0.0628 e. The topological polar surface area (TPSA) is 20.3 Å². The molecule has 1 aliphatic heterocycles. The zero-order valence-corrected chi connectivity index (χ0v) is 10.4. The molecule has 0 saturated carbocycles. The highest BCUT2D eigenvalue weighted by atomic mass is 32.2. The van der Waals surface area contributed by atoms with Crippen LogP contribution in [-0.2, 0) is 16.6 Å². The van der Waals surface area contributed by atoms with Gasteiger partial charge in [-0.1, -0.05) is 30.3 Å². The van der Waals surface area contributed by atoms with Crippen LogP contribution in [0.15, 0.2) is 53.4 Å². The lowest BCUT2D eigenvalue weighted by Crippen LogP contribution is -2.10. The van der Waals surface area contributed by atoms with E-state index in [0.29, 0.717) is 5.75 Å². The van der Waals surface area contributed by atoms with Crippen molar-refractivity contribution in [1.82, 2.24) is 0 Å². The van der Waals surface area contributed by atoms with Gasteiger partial charge in [0.1, 0.15) is 0 Å². The van der Waals surface area contributed by atoms with Gasteiger partial charge < -0.3 is 4.90 Å². The first-order valence-electron chi connectivity index (χ1n) is 5.56. The Morgan fingerprint density at radius 2 is 1.65 bits per heavy atom. The van der Waals surface area contributed by atoms with Gasteiger partial charge in [-0.3, -0.25) is 4.21 Å². The van der Waals surface area contributed by atoms with Crippen LogP contribution in [0.1, 0.15) is 5.56 Å². The third kappa shape index (κ3) is 1.67. The average molecular weight is 243 g/mol. The second-order valence-electron chi connectivity index (χ2n) is 4.15. The SMILES string of the molecule is CN1c2ccccc2CS(=O)c2ccccc21. The fourth-order valence-corrected chi connectivity index (χ4v) is 3.59. The third-order valence-electron chi connectivity index (χ3n) is 3.11. The Balaban J connectivity index is 2.26. The van der Waals surface area contributed by atoms with Crippen molar-refractivity contribution < 1.29 is 4.21 Å². The fraction of sp³-hybridized carbons (Fsp3) is 0.143. The quantitative estimate of drug-likeness (QED) is 0.708. The zero-order valence-electron chi connectivity index (χ0n) is 9.59. The summed E-state index contributed by atoms with van der Waals surface area (Å²) in [5.74, 6) is 0.595. The predicted octanol–water partition coefficient (Wildman–Crippen LogP) is 3.08. The number of rotatable bonds is 0. The van der Waals surface area contributed by atoms with E-state index in [1.165, 1.54) is 0 Å². The molecule has 1 atom stereocenters. The number of hydrogen-bond acceptors (Lipinski definition) is 2. The molecule has 1 unspecified atom stereocenters. The molecule has 0 radical (unpaired) electrons. The van der Waals surface area contributed by atoms with Gasteiger partial charge >= 0.3 is 0 Å². The van der Waals surface area contributed by atoms with Gasteiger partial charge in [0.15, 0.2) is 0 Å². The van der Waals surface area contributed by atoms with E-state index in [4.69, 9.17) is 0 Å². The summed E-state index contributed by atoms with van der Waals surface area (Å²) >= 11 is 0. The normalized spacial score (nSPS) is 18.2. The summed E-state index contributed by atoms with van der Waals surface area (Å²) < 4.78 is 12.3. The molecule has 1 heterocycles. The smallest absolute Gasteiger partial charge is 0.0628 e. The standard InChI is InChI=1S/C14H13NOS/c1-15-12-7-3-2-6-11(12)10-17(16)14-9-5-4-8-13(14)15/h2-9H,10H2,1H3. The predicted molar refractivity (Wildman–Crippen MR) is 71.1 cm³/mol. The summed E-state index contributed by atoms with van der Waals surface area (Å²) in [6.45, 7) is 0. The van der Waals surface area contributed by atoms with Crippen LogP contribution in [0.4, 0.5) is 11.4 Å². The number of fused-ring (bicyclic) bond motifs is 2. The van der Waals surface area contributed by atoms with Crippen molar-refractivity contribution >= 4 is 22.2 Å². The fourth-order valence-electron chi connectivity index (χ4n) is 2.24. The summed E-state index contributed by atoms with van der Waals surface area (Å²) in [5, 5.41) is 0. The molecule has 3 rings (SSSR count). The van der Waals surface area contributed by atoms with Crippen LogP contribution >= 0.6 is 0 Å². The van der Waals surface area contributed by atoms with Gasteiger partial charge in [0, 0.05) is 12.7 Å². The minimum absolute atomic E-state index is 0.595. The first-order chi connectivity index (χ1) is 8.27. The van der Waals surface area contributed by atoms with E-state index in [9.17, 15) is 4.21 Å². The largest absolute Gasteiger partial charge is 0.343 e. The van der Waals surface area contributed by atoms with Crippen molar-refractivity contribution in [2.45, 2.75) is 10.6 Å². The van der Waals surface area contributed by atoms with E-state index in [0.717, 1.165) is 21.8 Å². The van der Waals surface area contributed by atoms with E-state index in [1.807, 2.05) is 43.4 Å². The molecule has 0 aliphatic carbocycles. The Hall–Kier alpha value is -1.61. The second-order valence-corrected chi connectivity index (χ2v) is 5.56. The molecule has 0 amide bonds. The molecule has 0 N–H and O–H groups in total. The number of anilines is 2. The third-order valence-corrected chi connectivity index (χ3v) is 4.52. The molecular formula is C14H13NOS. The van der Waals surface area contributed by atoms with Crippen molar-refractivity contribution in [2.24, 2.45) is 0 Å². The van der Waals surface area contributed by atoms with Gasteiger partial charge in [-0.2, -0.15) is 0 Å². The highest BCUT2D eigenvalue weighted by Crippen LogP contribution is 2.36. The molecule has 3 heteroatoms.